The van der Waals surface area contributed by atoms with Crippen molar-refractivity contribution in [2.24, 2.45) is 0 Å². The molecule has 2 rings (SSSR count). The molecule has 2 heterocycles. The molecule has 2 aromatic rings. The van der Waals surface area contributed by atoms with Gasteiger partial charge in [0.25, 0.3) is 5.56 Å². The first kappa shape index (κ1) is 13.8. The van der Waals surface area contributed by atoms with Gasteiger partial charge in [-0.2, -0.15) is 5.10 Å². The number of aromatic nitrogens is 2. The van der Waals surface area contributed by atoms with Crippen LogP contribution in [0.15, 0.2) is 35.8 Å². The summed E-state index contributed by atoms with van der Waals surface area (Å²) >= 11 is 7.74. The Morgan fingerprint density at radius 3 is 3.00 bits per heavy atom. The number of hydrogen-bond acceptors (Lipinski definition) is 4. The summed E-state index contributed by atoms with van der Waals surface area (Å²) in [6, 6.07) is 4.11. The molecule has 4 nitrogen and oxygen atoms in total. The Morgan fingerprint density at radius 1 is 1.58 bits per heavy atom. The predicted octanol–water partition coefficient (Wildman–Crippen LogP) is 3.06. The lowest BCUT2D eigenvalue weighted by Crippen LogP contribution is -2.23. The molecule has 100 valence electrons. The minimum absolute atomic E-state index is 0.158. The molecule has 0 unspecified atom stereocenters. The van der Waals surface area contributed by atoms with Crippen molar-refractivity contribution in [1.82, 2.24) is 9.78 Å². The van der Waals surface area contributed by atoms with Crippen molar-refractivity contribution in [1.29, 1.82) is 0 Å². The van der Waals surface area contributed by atoms with E-state index in [9.17, 15) is 4.79 Å². The van der Waals surface area contributed by atoms with Crippen LogP contribution < -0.4 is 10.9 Å². The van der Waals surface area contributed by atoms with Gasteiger partial charge in [-0.25, -0.2) is 4.68 Å². The van der Waals surface area contributed by atoms with Gasteiger partial charge in [-0.3, -0.25) is 4.79 Å². The lowest BCUT2D eigenvalue weighted by molar-refractivity contribution is 0.653. The van der Waals surface area contributed by atoms with Crippen LogP contribution in [-0.4, -0.2) is 9.78 Å². The Bertz CT molecular complexity index is 648. The number of allylic oxidation sites excluding steroid dienone is 1. The third-order valence-electron chi connectivity index (χ3n) is 2.54. The molecule has 6 heteroatoms. The molecule has 0 aliphatic carbocycles. The van der Waals surface area contributed by atoms with Gasteiger partial charge in [0.15, 0.2) is 0 Å². The van der Waals surface area contributed by atoms with E-state index in [-0.39, 0.29) is 10.6 Å². The Balaban J connectivity index is 2.15. The maximum atomic E-state index is 11.9. The van der Waals surface area contributed by atoms with Gasteiger partial charge in [0.2, 0.25) is 0 Å². The average Bonchev–Trinajstić information content (AvgIpc) is 2.80. The molecule has 0 bridgehead atoms. The maximum absolute atomic E-state index is 11.9. The van der Waals surface area contributed by atoms with E-state index in [1.807, 2.05) is 6.07 Å². The SMILES string of the molecule is C=CCn1ncc(NCc2ccc(C)s2)c(Cl)c1=O. The highest BCUT2D eigenvalue weighted by molar-refractivity contribution is 7.11. The van der Waals surface area contributed by atoms with Crippen molar-refractivity contribution < 1.29 is 0 Å². The van der Waals surface area contributed by atoms with E-state index in [0.717, 1.165) is 0 Å². The van der Waals surface area contributed by atoms with Crippen LogP contribution in [0, 0.1) is 6.92 Å². The molecule has 0 saturated heterocycles. The van der Waals surface area contributed by atoms with Gasteiger partial charge in [-0.05, 0) is 19.1 Å². The molecule has 0 fully saturated rings. The zero-order chi connectivity index (χ0) is 13.8. The second-order valence-corrected chi connectivity index (χ2v) is 5.76. The van der Waals surface area contributed by atoms with Crippen molar-refractivity contribution >= 4 is 28.6 Å². The summed E-state index contributed by atoms with van der Waals surface area (Å²) in [4.78, 5) is 14.3. The quantitative estimate of drug-likeness (QED) is 0.862. The van der Waals surface area contributed by atoms with Crippen LogP contribution >= 0.6 is 22.9 Å². The van der Waals surface area contributed by atoms with Gasteiger partial charge in [0, 0.05) is 16.3 Å². The first-order valence-corrected chi connectivity index (χ1v) is 6.97. The number of nitrogens with zero attached hydrogens (tertiary/aromatic N) is 2. The van der Waals surface area contributed by atoms with Crippen LogP contribution in [0.2, 0.25) is 5.02 Å². The topological polar surface area (TPSA) is 46.9 Å². The number of hydrogen-bond donors (Lipinski definition) is 1. The predicted molar refractivity (Wildman–Crippen MR) is 80.1 cm³/mol. The van der Waals surface area contributed by atoms with Crippen LogP contribution in [0.1, 0.15) is 9.75 Å². The van der Waals surface area contributed by atoms with Gasteiger partial charge >= 0.3 is 0 Å². The highest BCUT2D eigenvalue weighted by Gasteiger charge is 2.08. The molecule has 1 N–H and O–H groups in total. The van der Waals surface area contributed by atoms with Gasteiger partial charge < -0.3 is 5.32 Å². The summed E-state index contributed by atoms with van der Waals surface area (Å²) in [7, 11) is 0. The van der Waals surface area contributed by atoms with Crippen LogP contribution in [0.25, 0.3) is 0 Å². The molecule has 0 radical (unpaired) electrons. The molecule has 19 heavy (non-hydrogen) atoms. The van der Waals surface area contributed by atoms with Crippen molar-refractivity contribution in [2.75, 3.05) is 5.32 Å². The molecular weight excluding hydrogens is 282 g/mol. The summed E-state index contributed by atoms with van der Waals surface area (Å²) in [5.74, 6) is 0. The second kappa shape index (κ2) is 6.04. The Hall–Kier alpha value is -1.59. The lowest BCUT2D eigenvalue weighted by atomic mass is 10.4. The number of rotatable bonds is 5. The molecule has 0 spiro atoms. The van der Waals surface area contributed by atoms with E-state index in [4.69, 9.17) is 11.6 Å². The van der Waals surface area contributed by atoms with E-state index < -0.39 is 0 Å². The normalized spacial score (nSPS) is 10.4. The third-order valence-corrected chi connectivity index (χ3v) is 3.90. The summed E-state index contributed by atoms with van der Waals surface area (Å²) in [6.07, 6.45) is 3.17. The summed E-state index contributed by atoms with van der Waals surface area (Å²) < 4.78 is 1.27. The van der Waals surface area contributed by atoms with Crippen LogP contribution in [-0.2, 0) is 13.1 Å². The first-order chi connectivity index (χ1) is 9.11. The van der Waals surface area contributed by atoms with E-state index in [0.29, 0.717) is 18.8 Å². The Kier molecular flexibility index (Phi) is 4.39. The van der Waals surface area contributed by atoms with Crippen molar-refractivity contribution in [2.45, 2.75) is 20.0 Å². The average molecular weight is 296 g/mol. The van der Waals surface area contributed by atoms with Crippen LogP contribution in [0.3, 0.4) is 0 Å². The van der Waals surface area contributed by atoms with Crippen LogP contribution in [0.5, 0.6) is 0 Å². The zero-order valence-electron chi connectivity index (χ0n) is 10.5. The monoisotopic (exact) mass is 295 g/mol. The fourth-order valence-electron chi connectivity index (χ4n) is 1.60. The molecule has 0 aliphatic rings. The van der Waals surface area contributed by atoms with Gasteiger partial charge in [-0.15, -0.1) is 17.9 Å². The van der Waals surface area contributed by atoms with Crippen molar-refractivity contribution in [3.05, 3.63) is 56.1 Å². The standard InChI is InChI=1S/C13H14ClN3OS/c1-3-6-17-13(18)12(14)11(8-16-17)15-7-10-5-4-9(2)19-10/h3-5,8,15H,1,6-7H2,2H3. The zero-order valence-corrected chi connectivity index (χ0v) is 12.1. The van der Waals surface area contributed by atoms with E-state index >= 15 is 0 Å². The number of halogens is 1. The van der Waals surface area contributed by atoms with E-state index in [1.54, 1.807) is 23.6 Å². The third kappa shape index (κ3) is 3.24. The fraction of sp³-hybridized carbons (Fsp3) is 0.231. The lowest BCUT2D eigenvalue weighted by Gasteiger charge is -2.08. The smallest absolute Gasteiger partial charge is 0.287 e. The minimum atomic E-state index is -0.311. The van der Waals surface area contributed by atoms with Crippen LogP contribution in [0.4, 0.5) is 5.69 Å². The minimum Gasteiger partial charge on any atom is -0.377 e. The molecule has 0 saturated carbocycles. The van der Waals surface area contributed by atoms with Gasteiger partial charge in [-0.1, -0.05) is 17.7 Å². The number of anilines is 1. The fourth-order valence-corrected chi connectivity index (χ4v) is 2.65. The van der Waals surface area contributed by atoms with Crippen molar-refractivity contribution in [3.8, 4) is 0 Å². The first-order valence-electron chi connectivity index (χ1n) is 5.77. The molecule has 0 aromatic carbocycles. The second-order valence-electron chi connectivity index (χ2n) is 4.01. The van der Waals surface area contributed by atoms with E-state index in [2.05, 4.69) is 30.0 Å². The largest absolute Gasteiger partial charge is 0.377 e. The van der Waals surface area contributed by atoms with Crippen molar-refractivity contribution in [3.63, 3.8) is 0 Å². The van der Waals surface area contributed by atoms with Gasteiger partial charge in [0.05, 0.1) is 18.4 Å². The molecule has 0 atom stereocenters. The number of nitrogens with one attached hydrogen (secondary N) is 1. The molecular formula is C13H14ClN3OS. The number of thiophene rings is 1. The molecule has 2 aromatic heterocycles. The number of aryl methyl sites for hydroxylation is 1. The van der Waals surface area contributed by atoms with Gasteiger partial charge in [0.1, 0.15) is 5.02 Å². The summed E-state index contributed by atoms with van der Waals surface area (Å²) in [6.45, 7) is 6.61. The Labute approximate surface area is 120 Å². The highest BCUT2D eigenvalue weighted by Crippen LogP contribution is 2.19. The molecule has 0 amide bonds. The summed E-state index contributed by atoms with van der Waals surface area (Å²) in [5.41, 5.74) is 0.243. The maximum Gasteiger partial charge on any atom is 0.287 e. The highest BCUT2D eigenvalue weighted by atomic mass is 35.5. The molecule has 0 aliphatic heterocycles. The Morgan fingerprint density at radius 2 is 2.37 bits per heavy atom. The van der Waals surface area contributed by atoms with E-state index in [1.165, 1.54) is 14.4 Å². The summed E-state index contributed by atoms with van der Waals surface area (Å²) in [5, 5.41) is 7.32.